The van der Waals surface area contributed by atoms with Crippen LogP contribution in [0.5, 0.6) is 0 Å². The van der Waals surface area contributed by atoms with Crippen molar-refractivity contribution in [2.45, 2.75) is 6.18 Å². The molecule has 0 saturated heterocycles. The molecule has 0 aliphatic rings. The molecule has 0 amide bonds. The second kappa shape index (κ2) is 10.2. The quantitative estimate of drug-likeness (QED) is 0.169. The van der Waals surface area contributed by atoms with Crippen LogP contribution in [0.15, 0.2) is 97.1 Å². The number of para-hydroxylation sites is 1. The summed E-state index contributed by atoms with van der Waals surface area (Å²) >= 11 is 0. The number of halogens is 3. The molecule has 0 atom stereocenters. The van der Waals surface area contributed by atoms with E-state index in [9.17, 15) is 13.2 Å². The van der Waals surface area contributed by atoms with Crippen molar-refractivity contribution in [3.8, 4) is 33.6 Å². The van der Waals surface area contributed by atoms with Crippen molar-refractivity contribution in [3.63, 3.8) is 0 Å². The minimum Gasteiger partial charge on any atom is -0.265 e. The molecule has 179 valence electrons. The SMILES string of the molecule is [C-]#[N+]c1cc[c-]c(-[n+]2nnc(C(F)(F)F)n2-c2c(-c3ccccc3)cccc2-c2ccccc2)c1.[Ir]. The monoisotopic (exact) mass is 660 g/mol. The van der Waals surface area contributed by atoms with Crippen molar-refractivity contribution < 1.29 is 38.1 Å². The average Bonchev–Trinajstić information content (AvgIpc) is 3.35. The van der Waals surface area contributed by atoms with Gasteiger partial charge >= 0.3 is 12.0 Å². The Morgan fingerprint density at radius 1 is 0.833 bits per heavy atom. The molecule has 0 aliphatic carbocycles. The fourth-order valence-electron chi connectivity index (χ4n) is 3.89. The average molecular weight is 660 g/mol. The first-order valence-corrected chi connectivity index (χ1v) is 10.6. The maximum absolute atomic E-state index is 14.3. The summed E-state index contributed by atoms with van der Waals surface area (Å²) in [6.45, 7) is 7.30. The first-order valence-electron chi connectivity index (χ1n) is 10.6. The third-order valence-electron chi connectivity index (χ3n) is 5.40. The standard InChI is InChI=1S/C27H16F3N5.Ir/c1-31-21-14-8-15-22(18-21)35-33-32-26(27(28,29)30)34(35)25-23(19-10-4-2-5-11-19)16-9-17-24(25)20-12-6-3-7-13-20;/h2-14,16-18H;. The Bertz CT molecular complexity index is 1480. The Labute approximate surface area is 218 Å². The van der Waals surface area contributed by atoms with Crippen LogP contribution in [0, 0.1) is 12.6 Å². The Balaban J connectivity index is 0.00000304. The van der Waals surface area contributed by atoms with Crippen LogP contribution in [-0.2, 0) is 26.3 Å². The topological polar surface area (TPSA) is 39.0 Å². The Kier molecular flexibility index (Phi) is 7.11. The van der Waals surface area contributed by atoms with Gasteiger partial charge in [-0.05, 0) is 15.9 Å². The third-order valence-corrected chi connectivity index (χ3v) is 5.40. The molecule has 1 heterocycles. The second-order valence-electron chi connectivity index (χ2n) is 7.59. The zero-order chi connectivity index (χ0) is 24.4. The van der Waals surface area contributed by atoms with Gasteiger partial charge in [-0.15, -0.1) is 16.8 Å². The van der Waals surface area contributed by atoms with E-state index in [2.05, 4.69) is 21.2 Å². The Morgan fingerprint density at radius 3 is 1.94 bits per heavy atom. The minimum absolute atomic E-state index is 0. The van der Waals surface area contributed by atoms with Crippen molar-refractivity contribution in [2.24, 2.45) is 0 Å². The number of hydrogen-bond donors (Lipinski definition) is 0. The molecule has 0 bridgehead atoms. The molecule has 0 saturated carbocycles. The maximum atomic E-state index is 14.3. The number of alkyl halides is 3. The van der Waals surface area contributed by atoms with Crippen molar-refractivity contribution in [1.29, 1.82) is 0 Å². The van der Waals surface area contributed by atoms with Gasteiger partial charge in [-0.25, -0.2) is 0 Å². The first kappa shape index (κ1) is 25.0. The maximum Gasteiger partial charge on any atom is 0.481 e. The molecule has 9 heteroatoms. The second-order valence-corrected chi connectivity index (χ2v) is 7.59. The Hall–Kier alpha value is -4.12. The molecule has 5 aromatic rings. The summed E-state index contributed by atoms with van der Waals surface area (Å²) in [5.74, 6) is -1.19. The predicted molar refractivity (Wildman–Crippen MR) is 124 cm³/mol. The van der Waals surface area contributed by atoms with Gasteiger partial charge in [0.2, 0.25) is 0 Å². The number of tetrazole rings is 1. The van der Waals surface area contributed by atoms with Crippen LogP contribution >= 0.6 is 0 Å². The third kappa shape index (κ3) is 4.69. The number of nitrogens with zero attached hydrogens (tertiary/aromatic N) is 5. The van der Waals surface area contributed by atoms with Gasteiger partial charge in [-0.3, -0.25) is 4.85 Å². The van der Waals surface area contributed by atoms with Crippen LogP contribution in [0.1, 0.15) is 5.82 Å². The van der Waals surface area contributed by atoms with E-state index in [1.165, 1.54) is 18.2 Å². The van der Waals surface area contributed by atoms with Crippen LogP contribution in [0.3, 0.4) is 0 Å². The number of rotatable bonds is 4. The molecule has 36 heavy (non-hydrogen) atoms. The van der Waals surface area contributed by atoms with Gasteiger partial charge in [0, 0.05) is 31.2 Å². The molecular weight excluding hydrogens is 644 g/mol. The van der Waals surface area contributed by atoms with Crippen molar-refractivity contribution in [2.75, 3.05) is 0 Å². The summed E-state index contributed by atoms with van der Waals surface area (Å²) in [4.78, 5) is 4.42. The van der Waals surface area contributed by atoms with E-state index in [1.807, 2.05) is 66.7 Å². The van der Waals surface area contributed by atoms with Crippen LogP contribution in [0.4, 0.5) is 18.9 Å². The van der Waals surface area contributed by atoms with Crippen LogP contribution in [-0.4, -0.2) is 15.0 Å². The number of benzene rings is 4. The number of hydrogen-bond acceptors (Lipinski definition) is 2. The zero-order valence-electron chi connectivity index (χ0n) is 18.4. The zero-order valence-corrected chi connectivity index (χ0v) is 20.8. The minimum atomic E-state index is -4.80. The molecule has 1 aromatic heterocycles. The fraction of sp³-hybridized carbons (Fsp3) is 0.0370. The van der Waals surface area contributed by atoms with Gasteiger partial charge in [0.05, 0.1) is 17.9 Å². The van der Waals surface area contributed by atoms with Gasteiger partial charge in [0.1, 0.15) is 10.8 Å². The van der Waals surface area contributed by atoms with Crippen molar-refractivity contribution >= 4 is 5.69 Å². The molecule has 0 spiro atoms. The molecule has 5 nitrogen and oxygen atoms in total. The summed E-state index contributed by atoms with van der Waals surface area (Å²) in [5, 5.41) is 7.37. The summed E-state index contributed by atoms with van der Waals surface area (Å²) < 4.78 is 43.8. The van der Waals surface area contributed by atoms with E-state index in [1.54, 1.807) is 12.1 Å². The summed E-state index contributed by atoms with van der Waals surface area (Å²) in [7, 11) is 0. The van der Waals surface area contributed by atoms with E-state index in [-0.39, 0.29) is 37.2 Å². The van der Waals surface area contributed by atoms with Gasteiger partial charge < -0.3 is 0 Å². The van der Waals surface area contributed by atoms with Crippen LogP contribution in [0.25, 0.3) is 38.5 Å². The first-order chi connectivity index (χ1) is 17.0. The molecule has 5 rings (SSSR count). The molecule has 0 N–H and O–H groups in total. The fourth-order valence-corrected chi connectivity index (χ4v) is 3.89. The molecular formula is C27H16F3IrN5. The molecule has 4 aromatic carbocycles. The molecule has 1 radical (unpaired) electrons. The molecule has 0 fully saturated rings. The molecule has 0 aliphatic heterocycles. The van der Waals surface area contributed by atoms with Gasteiger partial charge in [-0.2, -0.15) is 25.3 Å². The van der Waals surface area contributed by atoms with Crippen LogP contribution < -0.4 is 4.80 Å². The van der Waals surface area contributed by atoms with E-state index >= 15 is 0 Å². The van der Waals surface area contributed by atoms with E-state index in [0.717, 1.165) is 20.6 Å². The summed E-state index contributed by atoms with van der Waals surface area (Å²) in [6.07, 6.45) is -4.80. The smallest absolute Gasteiger partial charge is 0.265 e. The van der Waals surface area contributed by atoms with Crippen LogP contribution in [0.2, 0.25) is 0 Å². The Morgan fingerprint density at radius 2 is 1.42 bits per heavy atom. The summed E-state index contributed by atoms with van der Waals surface area (Å²) in [6, 6.07) is 31.0. The van der Waals surface area contributed by atoms with E-state index in [0.29, 0.717) is 11.1 Å². The number of aromatic nitrogens is 4. The summed E-state index contributed by atoms with van der Waals surface area (Å²) in [5.41, 5.74) is 3.24. The van der Waals surface area contributed by atoms with Gasteiger partial charge in [0.25, 0.3) is 0 Å². The predicted octanol–water partition coefficient (Wildman–Crippen LogP) is 6.25. The van der Waals surface area contributed by atoms with Gasteiger partial charge in [0.15, 0.2) is 5.21 Å². The van der Waals surface area contributed by atoms with E-state index < -0.39 is 12.0 Å². The normalized spacial score (nSPS) is 10.9. The van der Waals surface area contributed by atoms with E-state index in [4.69, 9.17) is 6.57 Å². The largest absolute Gasteiger partial charge is 0.481 e. The van der Waals surface area contributed by atoms with Crippen molar-refractivity contribution in [3.05, 3.63) is 120 Å². The molecule has 0 unspecified atom stereocenters. The van der Waals surface area contributed by atoms with Gasteiger partial charge in [-0.1, -0.05) is 78.9 Å². The van der Waals surface area contributed by atoms with Crippen molar-refractivity contribution in [1.82, 2.24) is 15.0 Å².